The largest absolute Gasteiger partial charge is 0.465 e. The molecule has 1 aliphatic heterocycles. The van der Waals surface area contributed by atoms with E-state index in [1.54, 1.807) is 24.8 Å². The van der Waals surface area contributed by atoms with Crippen LogP contribution in [0.1, 0.15) is 51.5 Å². The van der Waals surface area contributed by atoms with Crippen LogP contribution >= 0.6 is 0 Å². The first kappa shape index (κ1) is 18.7. The molecule has 27 heavy (non-hydrogen) atoms. The maximum Gasteiger partial charge on any atom is 0.339 e. The number of nitrogens with zero attached hydrogens (tertiary/aromatic N) is 1. The van der Waals surface area contributed by atoms with Gasteiger partial charge < -0.3 is 19.9 Å². The molecule has 7 heteroatoms. The minimum atomic E-state index is -0.457. The second kappa shape index (κ2) is 7.26. The Morgan fingerprint density at radius 2 is 2.04 bits per heavy atom. The van der Waals surface area contributed by atoms with Gasteiger partial charge in [-0.3, -0.25) is 9.59 Å². The summed E-state index contributed by atoms with van der Waals surface area (Å²) in [7, 11) is 1.32. The predicted molar refractivity (Wildman–Crippen MR) is 102 cm³/mol. The molecule has 2 N–H and O–H groups in total. The number of hydrogen-bond donors (Lipinski definition) is 2. The van der Waals surface area contributed by atoms with Gasteiger partial charge in [0.1, 0.15) is 5.69 Å². The third kappa shape index (κ3) is 3.32. The zero-order valence-electron chi connectivity index (χ0n) is 15.9. The van der Waals surface area contributed by atoms with Crippen LogP contribution in [0.2, 0.25) is 0 Å². The summed E-state index contributed by atoms with van der Waals surface area (Å²) in [5, 5.41) is 2.87. The van der Waals surface area contributed by atoms with Crippen molar-refractivity contribution < 1.29 is 19.1 Å². The fourth-order valence-electron chi connectivity index (χ4n) is 3.53. The number of carbonyl (C=O) groups is 3. The molecule has 0 atom stereocenters. The van der Waals surface area contributed by atoms with Crippen LogP contribution in [-0.2, 0) is 22.4 Å². The molecule has 2 amide bonds. The Morgan fingerprint density at radius 1 is 1.30 bits per heavy atom. The van der Waals surface area contributed by atoms with Crippen molar-refractivity contribution in [3.05, 3.63) is 46.3 Å². The fourth-order valence-corrected chi connectivity index (χ4v) is 3.53. The molecule has 0 bridgehead atoms. The number of hydrogen-bond acceptors (Lipinski definition) is 4. The van der Waals surface area contributed by atoms with Gasteiger partial charge in [-0.2, -0.15) is 0 Å². The number of aromatic amines is 1. The number of ether oxygens (including phenoxy) is 1. The van der Waals surface area contributed by atoms with Crippen LogP contribution < -0.4 is 10.2 Å². The second-order valence-corrected chi connectivity index (χ2v) is 6.54. The standard InChI is InChI=1S/C20H23N3O4/c1-5-15-17(20(26)27-4)11(2)18(22-15)19(25)21-14-6-7-16-13(10-14)8-9-23(16)12(3)24/h6-7,10,22H,5,8-9H2,1-4H3,(H,21,25). The summed E-state index contributed by atoms with van der Waals surface area (Å²) in [6.45, 7) is 5.83. The number of H-pyrrole nitrogens is 1. The first-order valence-electron chi connectivity index (χ1n) is 8.89. The number of methoxy groups -OCH3 is 1. The maximum absolute atomic E-state index is 12.7. The number of benzene rings is 1. The predicted octanol–water partition coefficient (Wildman–Crippen LogP) is 2.83. The van der Waals surface area contributed by atoms with Crippen molar-refractivity contribution in [1.82, 2.24) is 4.98 Å². The van der Waals surface area contributed by atoms with E-state index >= 15 is 0 Å². The van der Waals surface area contributed by atoms with Crippen molar-refractivity contribution in [2.24, 2.45) is 0 Å². The third-order valence-electron chi connectivity index (χ3n) is 4.91. The summed E-state index contributed by atoms with van der Waals surface area (Å²) in [5.74, 6) is -0.768. The van der Waals surface area contributed by atoms with Crippen LogP contribution in [0.4, 0.5) is 11.4 Å². The summed E-state index contributed by atoms with van der Waals surface area (Å²) in [5.41, 5.74) is 4.56. The van der Waals surface area contributed by atoms with Crippen LogP contribution in [0.15, 0.2) is 18.2 Å². The molecule has 2 heterocycles. The van der Waals surface area contributed by atoms with Gasteiger partial charge in [-0.05, 0) is 49.1 Å². The van der Waals surface area contributed by atoms with Crippen molar-refractivity contribution in [3.8, 4) is 0 Å². The quantitative estimate of drug-likeness (QED) is 0.811. The number of fused-ring (bicyclic) bond motifs is 1. The Kier molecular flexibility index (Phi) is 5.03. The van der Waals surface area contributed by atoms with Gasteiger partial charge in [-0.25, -0.2) is 4.79 Å². The van der Waals surface area contributed by atoms with E-state index in [-0.39, 0.29) is 11.8 Å². The molecule has 2 aromatic rings. The molecule has 0 fully saturated rings. The van der Waals surface area contributed by atoms with Crippen LogP contribution in [0.5, 0.6) is 0 Å². The lowest BCUT2D eigenvalue weighted by molar-refractivity contribution is -0.116. The van der Waals surface area contributed by atoms with Crippen LogP contribution in [0, 0.1) is 6.92 Å². The summed E-state index contributed by atoms with van der Waals surface area (Å²) >= 11 is 0. The Hall–Kier alpha value is -3.09. The van der Waals surface area contributed by atoms with E-state index in [2.05, 4.69) is 10.3 Å². The minimum Gasteiger partial charge on any atom is -0.465 e. The Labute approximate surface area is 157 Å². The van der Waals surface area contributed by atoms with E-state index in [1.165, 1.54) is 7.11 Å². The van der Waals surface area contributed by atoms with Crippen LogP contribution in [0.3, 0.4) is 0 Å². The molecule has 0 spiro atoms. The van der Waals surface area contributed by atoms with E-state index < -0.39 is 5.97 Å². The summed E-state index contributed by atoms with van der Waals surface area (Å²) < 4.78 is 4.83. The van der Waals surface area contributed by atoms with Crippen LogP contribution in [-0.4, -0.2) is 36.4 Å². The van der Waals surface area contributed by atoms with Gasteiger partial charge in [0, 0.05) is 30.5 Å². The number of carbonyl (C=O) groups excluding carboxylic acids is 3. The summed E-state index contributed by atoms with van der Waals surface area (Å²) in [6, 6.07) is 5.51. The number of aryl methyl sites for hydroxylation is 1. The average Bonchev–Trinajstić information content (AvgIpc) is 3.21. The molecule has 3 rings (SSSR count). The molecular formula is C20H23N3O4. The Bertz CT molecular complexity index is 930. The van der Waals surface area contributed by atoms with E-state index in [0.29, 0.717) is 41.2 Å². The van der Waals surface area contributed by atoms with Gasteiger partial charge in [0.2, 0.25) is 5.91 Å². The number of aromatic nitrogens is 1. The molecule has 0 unspecified atom stereocenters. The average molecular weight is 369 g/mol. The molecule has 0 saturated carbocycles. The topological polar surface area (TPSA) is 91.5 Å². The highest BCUT2D eigenvalue weighted by Gasteiger charge is 2.25. The van der Waals surface area contributed by atoms with Gasteiger partial charge >= 0.3 is 5.97 Å². The number of nitrogens with one attached hydrogen (secondary N) is 2. The van der Waals surface area contributed by atoms with Crippen molar-refractivity contribution in [3.63, 3.8) is 0 Å². The lowest BCUT2D eigenvalue weighted by Gasteiger charge is -2.15. The van der Waals surface area contributed by atoms with E-state index in [1.807, 2.05) is 19.1 Å². The van der Waals surface area contributed by atoms with Gasteiger partial charge in [0.15, 0.2) is 0 Å². The molecule has 1 aromatic carbocycles. The number of amides is 2. The highest BCUT2D eigenvalue weighted by Crippen LogP contribution is 2.31. The Balaban J connectivity index is 1.86. The van der Waals surface area contributed by atoms with Gasteiger partial charge in [0.05, 0.1) is 12.7 Å². The van der Waals surface area contributed by atoms with E-state index in [9.17, 15) is 14.4 Å². The minimum absolute atomic E-state index is 0.00924. The monoisotopic (exact) mass is 369 g/mol. The summed E-state index contributed by atoms with van der Waals surface area (Å²) in [4.78, 5) is 41.2. The zero-order chi connectivity index (χ0) is 19.7. The second-order valence-electron chi connectivity index (χ2n) is 6.54. The highest BCUT2D eigenvalue weighted by atomic mass is 16.5. The van der Waals surface area contributed by atoms with Crippen molar-refractivity contribution in [2.45, 2.75) is 33.6 Å². The molecule has 142 valence electrons. The highest BCUT2D eigenvalue weighted by molar-refractivity contribution is 6.07. The Morgan fingerprint density at radius 3 is 2.67 bits per heavy atom. The van der Waals surface area contributed by atoms with Crippen molar-refractivity contribution in [2.75, 3.05) is 23.9 Å². The first-order chi connectivity index (χ1) is 12.9. The van der Waals surface area contributed by atoms with Gasteiger partial charge in [-0.15, -0.1) is 0 Å². The fraction of sp³-hybridized carbons (Fsp3) is 0.350. The molecule has 0 aliphatic carbocycles. The molecule has 1 aromatic heterocycles. The third-order valence-corrected chi connectivity index (χ3v) is 4.91. The first-order valence-corrected chi connectivity index (χ1v) is 8.89. The van der Waals surface area contributed by atoms with E-state index in [0.717, 1.165) is 17.7 Å². The van der Waals surface area contributed by atoms with Gasteiger partial charge in [0.25, 0.3) is 5.91 Å². The number of anilines is 2. The van der Waals surface area contributed by atoms with E-state index in [4.69, 9.17) is 4.74 Å². The molecule has 7 nitrogen and oxygen atoms in total. The van der Waals surface area contributed by atoms with Crippen molar-refractivity contribution in [1.29, 1.82) is 0 Å². The molecule has 0 radical (unpaired) electrons. The zero-order valence-corrected chi connectivity index (χ0v) is 15.9. The maximum atomic E-state index is 12.7. The SMILES string of the molecule is CCc1[nH]c(C(=O)Nc2ccc3c(c2)CCN3C(C)=O)c(C)c1C(=O)OC. The molecule has 1 aliphatic rings. The summed E-state index contributed by atoms with van der Waals surface area (Å²) in [6.07, 6.45) is 1.34. The molecular weight excluding hydrogens is 346 g/mol. The number of rotatable bonds is 4. The smallest absolute Gasteiger partial charge is 0.339 e. The lowest BCUT2D eigenvalue weighted by atomic mass is 10.1. The van der Waals surface area contributed by atoms with Crippen molar-refractivity contribution >= 4 is 29.2 Å². The van der Waals surface area contributed by atoms with Crippen LogP contribution in [0.25, 0.3) is 0 Å². The molecule has 0 saturated heterocycles. The van der Waals surface area contributed by atoms with Gasteiger partial charge in [-0.1, -0.05) is 6.92 Å². The number of esters is 1. The normalized spacial score (nSPS) is 12.7. The lowest BCUT2D eigenvalue weighted by Crippen LogP contribution is -2.25.